The van der Waals surface area contributed by atoms with E-state index in [1.807, 2.05) is 30.3 Å². The van der Waals surface area contributed by atoms with Gasteiger partial charge in [0.25, 0.3) is 0 Å². The van der Waals surface area contributed by atoms with Crippen LogP contribution in [-0.2, 0) is 36.9 Å². The maximum absolute atomic E-state index is 13.0. The Balaban J connectivity index is 1.58. The minimum Gasteiger partial charge on any atom is -0.481 e. The Morgan fingerprint density at radius 3 is 2.30 bits per heavy atom. The average molecular weight is 612 g/mol. The Morgan fingerprint density at radius 2 is 1.65 bits per heavy atom. The molecule has 1 heterocycles. The number of benzene rings is 2. The number of hydrogen-bond acceptors (Lipinski definition) is 8. The summed E-state index contributed by atoms with van der Waals surface area (Å²) in [7, 11) is 0. The molecule has 0 radical (unpaired) electrons. The molecule has 3 aromatic rings. The van der Waals surface area contributed by atoms with Crippen molar-refractivity contribution in [3.05, 3.63) is 65.2 Å². The number of halogens is 1. The Hall–Kier alpha value is -4.65. The lowest BCUT2D eigenvalue weighted by atomic mass is 10.0. The van der Waals surface area contributed by atoms with Gasteiger partial charge in [0, 0.05) is 17.0 Å². The van der Waals surface area contributed by atoms with Crippen LogP contribution in [0.25, 0.3) is 11.4 Å². The van der Waals surface area contributed by atoms with Gasteiger partial charge in [-0.3, -0.25) is 24.0 Å². The largest absolute Gasteiger partial charge is 0.481 e. The normalized spacial score (nSPS) is 13.0. The zero-order valence-corrected chi connectivity index (χ0v) is 24.7. The quantitative estimate of drug-likeness (QED) is 0.199. The first-order valence-corrected chi connectivity index (χ1v) is 14.0. The van der Waals surface area contributed by atoms with Gasteiger partial charge in [0.2, 0.25) is 23.5 Å². The van der Waals surface area contributed by atoms with Crippen molar-refractivity contribution in [3.63, 3.8) is 0 Å². The molecule has 0 aliphatic rings. The first-order chi connectivity index (χ1) is 20.4. The van der Waals surface area contributed by atoms with Crippen molar-refractivity contribution in [2.45, 2.75) is 64.7 Å². The minimum atomic E-state index is -1.43. The topological polar surface area (TPSA) is 185 Å². The number of aromatic nitrogens is 4. The predicted octanol–water partition coefficient (Wildman–Crippen LogP) is 1.80. The molecule has 1 aromatic heterocycles. The summed E-state index contributed by atoms with van der Waals surface area (Å²) in [5, 5.41) is 29.3. The number of nitrogens with one attached hydrogen (secondary N) is 3. The summed E-state index contributed by atoms with van der Waals surface area (Å²) >= 11 is 5.99. The van der Waals surface area contributed by atoms with Gasteiger partial charge in [0.1, 0.15) is 24.7 Å². The number of carbonyl (C=O) groups is 5. The molecule has 3 amide bonds. The molecule has 13 nitrogen and oxygen atoms in total. The zero-order valence-electron chi connectivity index (χ0n) is 24.0. The summed E-state index contributed by atoms with van der Waals surface area (Å²) in [5.41, 5.74) is 1.55. The van der Waals surface area contributed by atoms with E-state index < -0.39 is 54.7 Å². The Morgan fingerprint density at radius 1 is 0.930 bits per heavy atom. The molecular weight excluding hydrogens is 578 g/mol. The van der Waals surface area contributed by atoms with Crippen molar-refractivity contribution < 1.29 is 29.1 Å². The molecule has 1 unspecified atom stereocenters. The van der Waals surface area contributed by atoms with E-state index in [1.54, 1.807) is 38.1 Å². The van der Waals surface area contributed by atoms with Crippen molar-refractivity contribution in [3.8, 4) is 11.4 Å². The van der Waals surface area contributed by atoms with Crippen LogP contribution >= 0.6 is 11.6 Å². The van der Waals surface area contributed by atoms with Crippen molar-refractivity contribution in [1.29, 1.82) is 0 Å². The second-order valence-corrected chi connectivity index (χ2v) is 10.7. The lowest BCUT2D eigenvalue weighted by molar-refractivity contribution is -0.140. The summed E-state index contributed by atoms with van der Waals surface area (Å²) in [5.74, 6) is -3.78. The Kier molecular flexibility index (Phi) is 11.9. The first kappa shape index (κ1) is 32.9. The molecule has 2 aromatic carbocycles. The molecule has 0 bridgehead atoms. The molecule has 0 saturated heterocycles. The number of carbonyl (C=O) groups excluding carboxylic acids is 4. The lowest BCUT2D eigenvalue weighted by Crippen LogP contribution is -2.56. The highest BCUT2D eigenvalue weighted by Gasteiger charge is 2.30. The SMILES string of the molecule is CC(C)[C@H](NC(=O)CCc1ccccc1)C(=O)N[C@@H](C)C(=O)NC(CC(=O)O)C(=O)Cn1nnc(-c2cccc(Cl)c2)n1. The number of aryl methyl sites for hydroxylation is 1. The fourth-order valence-electron chi connectivity index (χ4n) is 4.07. The number of nitrogens with zero attached hydrogens (tertiary/aromatic N) is 4. The van der Waals surface area contributed by atoms with Gasteiger partial charge in [0.15, 0.2) is 5.78 Å². The Bertz CT molecular complexity index is 1450. The van der Waals surface area contributed by atoms with Gasteiger partial charge in [-0.05, 0) is 42.2 Å². The number of Topliss-reactive ketones (excluding diaryl/α,β-unsaturated/α-hetero) is 1. The monoisotopic (exact) mass is 611 g/mol. The van der Waals surface area contributed by atoms with Crippen LogP contribution < -0.4 is 16.0 Å². The number of tetrazole rings is 1. The summed E-state index contributed by atoms with van der Waals surface area (Å²) in [4.78, 5) is 63.8. The lowest BCUT2D eigenvalue weighted by Gasteiger charge is -2.25. The molecule has 0 aliphatic heterocycles. The van der Waals surface area contributed by atoms with Crippen LogP contribution in [0.5, 0.6) is 0 Å². The van der Waals surface area contributed by atoms with Crippen molar-refractivity contribution >= 4 is 41.1 Å². The van der Waals surface area contributed by atoms with Crippen LogP contribution in [0.15, 0.2) is 54.6 Å². The van der Waals surface area contributed by atoms with Gasteiger partial charge in [0.05, 0.1) is 6.42 Å². The van der Waals surface area contributed by atoms with Gasteiger partial charge in [-0.15, -0.1) is 10.2 Å². The third-order valence-electron chi connectivity index (χ3n) is 6.42. The minimum absolute atomic E-state index is 0.177. The highest BCUT2D eigenvalue weighted by atomic mass is 35.5. The molecule has 43 heavy (non-hydrogen) atoms. The second kappa shape index (κ2) is 15.5. The standard InChI is InChI=1S/C29H34ClN7O6/c1-17(2)26(33-24(39)13-12-19-8-5-4-6-9-19)29(43)31-18(3)28(42)32-22(15-25(40)41)23(38)16-37-35-27(34-36-37)20-10-7-11-21(30)14-20/h4-11,14,17-18,22,26H,12-13,15-16H2,1-3H3,(H,31,43)(H,32,42)(H,33,39)(H,40,41)/t18-,22?,26-/m0/s1. The van der Waals surface area contributed by atoms with E-state index >= 15 is 0 Å². The number of aliphatic carboxylic acids is 1. The summed E-state index contributed by atoms with van der Waals surface area (Å²) < 4.78 is 0. The third kappa shape index (κ3) is 10.3. The smallest absolute Gasteiger partial charge is 0.305 e. The van der Waals surface area contributed by atoms with Gasteiger partial charge in [-0.25, -0.2) is 0 Å². The summed E-state index contributed by atoms with van der Waals surface area (Å²) in [6.07, 6.45) is -0.0210. The zero-order chi connectivity index (χ0) is 31.5. The fourth-order valence-corrected chi connectivity index (χ4v) is 4.26. The van der Waals surface area contributed by atoms with Gasteiger partial charge in [-0.2, -0.15) is 4.80 Å². The summed E-state index contributed by atoms with van der Waals surface area (Å²) in [6, 6.07) is 12.7. The molecule has 3 rings (SSSR count). The van der Waals surface area contributed by atoms with Crippen molar-refractivity contribution in [1.82, 2.24) is 36.2 Å². The molecule has 14 heteroatoms. The summed E-state index contributed by atoms with van der Waals surface area (Å²) in [6.45, 7) is 4.44. The third-order valence-corrected chi connectivity index (χ3v) is 6.65. The number of ketones is 1. The molecule has 3 atom stereocenters. The van der Waals surface area contributed by atoms with E-state index in [0.717, 1.165) is 10.4 Å². The van der Waals surface area contributed by atoms with Crippen molar-refractivity contribution in [2.75, 3.05) is 0 Å². The number of hydrogen-bond donors (Lipinski definition) is 4. The van der Waals surface area contributed by atoms with E-state index in [-0.39, 0.29) is 24.1 Å². The van der Waals surface area contributed by atoms with Crippen LogP contribution in [0.4, 0.5) is 0 Å². The predicted molar refractivity (Wildman–Crippen MR) is 157 cm³/mol. The van der Waals surface area contributed by atoms with E-state index in [0.29, 0.717) is 17.0 Å². The fraction of sp³-hybridized carbons (Fsp3) is 0.379. The average Bonchev–Trinajstić information content (AvgIpc) is 3.43. The number of amides is 3. The number of carboxylic acid groups (broad SMARTS) is 1. The van der Waals surface area contributed by atoms with E-state index in [2.05, 4.69) is 31.4 Å². The van der Waals surface area contributed by atoms with Crippen LogP contribution in [0, 0.1) is 5.92 Å². The van der Waals surface area contributed by atoms with Crippen LogP contribution in [0.2, 0.25) is 5.02 Å². The van der Waals surface area contributed by atoms with E-state index in [1.165, 1.54) is 6.92 Å². The second-order valence-electron chi connectivity index (χ2n) is 10.3. The van der Waals surface area contributed by atoms with Gasteiger partial charge in [-0.1, -0.05) is 67.9 Å². The molecule has 0 aliphatic carbocycles. The van der Waals surface area contributed by atoms with Crippen LogP contribution in [-0.4, -0.2) is 72.9 Å². The maximum Gasteiger partial charge on any atom is 0.305 e. The highest BCUT2D eigenvalue weighted by Crippen LogP contribution is 2.18. The van der Waals surface area contributed by atoms with Gasteiger partial charge < -0.3 is 21.1 Å². The molecule has 0 saturated carbocycles. The molecule has 0 fully saturated rings. The Labute approximate surface area is 253 Å². The molecular formula is C29H34ClN7O6. The van der Waals surface area contributed by atoms with Gasteiger partial charge >= 0.3 is 5.97 Å². The van der Waals surface area contributed by atoms with E-state index in [4.69, 9.17) is 11.6 Å². The molecule has 4 N–H and O–H groups in total. The number of carboxylic acids is 1. The molecule has 0 spiro atoms. The van der Waals surface area contributed by atoms with Crippen molar-refractivity contribution in [2.24, 2.45) is 5.92 Å². The molecule has 228 valence electrons. The maximum atomic E-state index is 13.0. The highest BCUT2D eigenvalue weighted by molar-refractivity contribution is 6.30. The van der Waals surface area contributed by atoms with E-state index in [9.17, 15) is 29.1 Å². The first-order valence-electron chi connectivity index (χ1n) is 13.6. The van der Waals surface area contributed by atoms with Crippen LogP contribution in [0.1, 0.15) is 39.2 Å². The number of rotatable bonds is 15. The van der Waals surface area contributed by atoms with Crippen LogP contribution in [0.3, 0.4) is 0 Å².